The Morgan fingerprint density at radius 2 is 2.25 bits per heavy atom. The van der Waals surface area contributed by atoms with Gasteiger partial charge in [-0.25, -0.2) is 4.98 Å². The maximum atomic E-state index is 12.3. The van der Waals surface area contributed by atoms with Crippen LogP contribution in [0.5, 0.6) is 0 Å². The summed E-state index contributed by atoms with van der Waals surface area (Å²) in [6.07, 6.45) is 3.14. The fourth-order valence-electron chi connectivity index (χ4n) is 2.50. The molecule has 1 amide bonds. The van der Waals surface area contributed by atoms with Gasteiger partial charge in [0.15, 0.2) is 0 Å². The molecule has 6 nitrogen and oxygen atoms in total. The van der Waals surface area contributed by atoms with Gasteiger partial charge in [-0.05, 0) is 32.9 Å². The fraction of sp³-hybridized carbons (Fsp3) is 0.294. The number of nitrogens with one attached hydrogen (secondary N) is 1. The Morgan fingerprint density at radius 3 is 2.88 bits per heavy atom. The third-order valence-corrected chi connectivity index (χ3v) is 4.61. The van der Waals surface area contributed by atoms with Gasteiger partial charge in [-0.3, -0.25) is 4.79 Å². The van der Waals surface area contributed by atoms with Crippen LogP contribution in [0.2, 0.25) is 0 Å². The average Bonchev–Trinajstić information content (AvgIpc) is 3.24. The van der Waals surface area contributed by atoms with Crippen LogP contribution in [0.3, 0.4) is 0 Å². The molecule has 0 aliphatic carbocycles. The van der Waals surface area contributed by atoms with E-state index in [0.29, 0.717) is 22.0 Å². The minimum absolute atomic E-state index is 0.0597. The summed E-state index contributed by atoms with van der Waals surface area (Å²) in [5.41, 5.74) is 0.585. The number of amides is 1. The van der Waals surface area contributed by atoms with Crippen molar-refractivity contribution in [2.24, 2.45) is 0 Å². The van der Waals surface area contributed by atoms with Gasteiger partial charge in [0.25, 0.3) is 5.91 Å². The second kappa shape index (κ2) is 6.26. The van der Waals surface area contributed by atoms with Crippen molar-refractivity contribution in [2.45, 2.75) is 26.4 Å². The fourth-order valence-corrected chi connectivity index (χ4v) is 3.29. The first-order valence-electron chi connectivity index (χ1n) is 7.43. The molecule has 0 bridgehead atoms. The van der Waals surface area contributed by atoms with Gasteiger partial charge in [0.2, 0.25) is 0 Å². The molecule has 7 heteroatoms. The number of nitrogens with zero attached hydrogens (tertiary/aromatic N) is 1. The van der Waals surface area contributed by atoms with Gasteiger partial charge in [0.05, 0.1) is 12.8 Å². The van der Waals surface area contributed by atoms with E-state index in [0.717, 1.165) is 11.3 Å². The quantitative estimate of drug-likeness (QED) is 0.740. The molecule has 126 valence electrons. The number of aromatic nitrogens is 1. The molecule has 0 saturated carbocycles. The summed E-state index contributed by atoms with van der Waals surface area (Å²) in [4.78, 5) is 16.6. The Labute approximate surface area is 143 Å². The van der Waals surface area contributed by atoms with E-state index in [1.54, 1.807) is 43.9 Å². The van der Waals surface area contributed by atoms with E-state index in [4.69, 9.17) is 8.83 Å². The SMILES string of the molecule is Cc1cc(C(C)(O)CNC(=O)c2csc(-c3ccoc3)n2)c(C)o1. The molecule has 2 N–H and O–H groups in total. The van der Waals surface area contributed by atoms with Crippen LogP contribution < -0.4 is 5.32 Å². The zero-order valence-corrected chi connectivity index (χ0v) is 14.4. The monoisotopic (exact) mass is 346 g/mol. The first-order chi connectivity index (χ1) is 11.4. The van der Waals surface area contributed by atoms with Crippen molar-refractivity contribution in [3.8, 4) is 10.6 Å². The van der Waals surface area contributed by atoms with Crippen molar-refractivity contribution in [3.63, 3.8) is 0 Å². The van der Waals surface area contributed by atoms with E-state index >= 15 is 0 Å². The second-order valence-electron chi connectivity index (χ2n) is 5.83. The zero-order chi connectivity index (χ0) is 17.3. The predicted octanol–water partition coefficient (Wildman–Crippen LogP) is 3.25. The van der Waals surface area contributed by atoms with Gasteiger partial charge in [-0.2, -0.15) is 0 Å². The molecule has 0 aliphatic heterocycles. The van der Waals surface area contributed by atoms with Crippen LogP contribution in [0.15, 0.2) is 38.9 Å². The molecule has 3 heterocycles. The lowest BCUT2D eigenvalue weighted by molar-refractivity contribution is 0.0513. The van der Waals surface area contributed by atoms with Crippen molar-refractivity contribution in [1.82, 2.24) is 10.3 Å². The van der Waals surface area contributed by atoms with Crippen LogP contribution >= 0.6 is 11.3 Å². The minimum Gasteiger partial charge on any atom is -0.472 e. The summed E-state index contributed by atoms with van der Waals surface area (Å²) >= 11 is 1.36. The highest BCUT2D eigenvalue weighted by Gasteiger charge is 2.28. The summed E-state index contributed by atoms with van der Waals surface area (Å²) in [5.74, 6) is 1.03. The van der Waals surface area contributed by atoms with E-state index in [-0.39, 0.29) is 12.5 Å². The minimum atomic E-state index is -1.22. The summed E-state index contributed by atoms with van der Waals surface area (Å²) in [7, 11) is 0. The molecule has 3 aromatic heterocycles. The lowest BCUT2D eigenvalue weighted by atomic mass is 9.96. The average molecular weight is 346 g/mol. The van der Waals surface area contributed by atoms with Crippen molar-refractivity contribution in [3.05, 3.63) is 52.8 Å². The molecular formula is C17H18N2O4S. The molecule has 0 saturated heterocycles. The Hall–Kier alpha value is -2.38. The Balaban J connectivity index is 1.68. The summed E-state index contributed by atoms with van der Waals surface area (Å²) in [5, 5.41) is 15.7. The van der Waals surface area contributed by atoms with Gasteiger partial charge in [0.1, 0.15) is 34.1 Å². The van der Waals surface area contributed by atoms with E-state index < -0.39 is 5.60 Å². The van der Waals surface area contributed by atoms with Crippen LogP contribution in [-0.4, -0.2) is 22.5 Å². The number of hydrogen-bond donors (Lipinski definition) is 2. The smallest absolute Gasteiger partial charge is 0.270 e. The van der Waals surface area contributed by atoms with Crippen LogP contribution in [-0.2, 0) is 5.60 Å². The lowest BCUT2D eigenvalue weighted by Gasteiger charge is -2.23. The number of aliphatic hydroxyl groups is 1. The first kappa shape index (κ1) is 16.5. The molecule has 3 rings (SSSR count). The van der Waals surface area contributed by atoms with E-state index in [1.807, 2.05) is 6.92 Å². The molecule has 1 atom stereocenters. The van der Waals surface area contributed by atoms with Gasteiger partial charge in [0, 0.05) is 16.5 Å². The van der Waals surface area contributed by atoms with E-state index in [2.05, 4.69) is 10.3 Å². The van der Waals surface area contributed by atoms with Gasteiger partial charge in [-0.15, -0.1) is 11.3 Å². The van der Waals surface area contributed by atoms with Crippen molar-refractivity contribution < 1.29 is 18.7 Å². The molecular weight excluding hydrogens is 328 g/mol. The third-order valence-electron chi connectivity index (χ3n) is 3.72. The van der Waals surface area contributed by atoms with Crippen LogP contribution in [0, 0.1) is 13.8 Å². The van der Waals surface area contributed by atoms with E-state index in [1.165, 1.54) is 11.3 Å². The van der Waals surface area contributed by atoms with Crippen LogP contribution in [0.1, 0.15) is 34.5 Å². The van der Waals surface area contributed by atoms with Crippen molar-refractivity contribution >= 4 is 17.2 Å². The molecule has 0 aromatic carbocycles. The Bertz CT molecular complexity index is 846. The molecule has 0 aliphatic rings. The number of furan rings is 2. The number of aryl methyl sites for hydroxylation is 2. The molecule has 1 unspecified atom stereocenters. The zero-order valence-electron chi connectivity index (χ0n) is 13.6. The van der Waals surface area contributed by atoms with Gasteiger partial charge in [-0.1, -0.05) is 0 Å². The van der Waals surface area contributed by atoms with Crippen molar-refractivity contribution in [2.75, 3.05) is 6.54 Å². The molecule has 24 heavy (non-hydrogen) atoms. The number of rotatable bonds is 5. The number of carbonyl (C=O) groups excluding carboxylic acids is 1. The first-order valence-corrected chi connectivity index (χ1v) is 8.31. The topological polar surface area (TPSA) is 88.5 Å². The van der Waals surface area contributed by atoms with Crippen molar-refractivity contribution in [1.29, 1.82) is 0 Å². The van der Waals surface area contributed by atoms with Crippen LogP contribution in [0.4, 0.5) is 0 Å². The molecule has 0 fully saturated rings. The van der Waals surface area contributed by atoms with Gasteiger partial charge >= 0.3 is 0 Å². The number of thiazole rings is 1. The standard InChI is InChI=1S/C17H18N2O4S/c1-10-6-13(11(2)23-10)17(3,21)9-18-15(20)14-8-24-16(19-14)12-4-5-22-7-12/h4-8,21H,9H2,1-3H3,(H,18,20). The second-order valence-corrected chi connectivity index (χ2v) is 6.69. The Morgan fingerprint density at radius 1 is 1.46 bits per heavy atom. The highest BCUT2D eigenvalue weighted by Crippen LogP contribution is 2.27. The molecule has 3 aromatic rings. The summed E-state index contributed by atoms with van der Waals surface area (Å²) in [6, 6.07) is 3.57. The lowest BCUT2D eigenvalue weighted by Crippen LogP contribution is -2.38. The summed E-state index contributed by atoms with van der Waals surface area (Å²) < 4.78 is 10.5. The third kappa shape index (κ3) is 3.27. The normalized spacial score (nSPS) is 13.7. The highest BCUT2D eigenvalue weighted by molar-refractivity contribution is 7.13. The molecule has 0 spiro atoms. The molecule has 0 radical (unpaired) electrons. The Kier molecular flexibility index (Phi) is 4.29. The maximum Gasteiger partial charge on any atom is 0.270 e. The number of hydrogen-bond acceptors (Lipinski definition) is 6. The van der Waals surface area contributed by atoms with Crippen LogP contribution in [0.25, 0.3) is 10.6 Å². The summed E-state index contributed by atoms with van der Waals surface area (Å²) in [6.45, 7) is 5.31. The number of carbonyl (C=O) groups is 1. The van der Waals surface area contributed by atoms with Gasteiger partial charge < -0.3 is 19.3 Å². The maximum absolute atomic E-state index is 12.3. The predicted molar refractivity (Wildman–Crippen MR) is 89.9 cm³/mol. The largest absolute Gasteiger partial charge is 0.472 e. The van der Waals surface area contributed by atoms with E-state index in [9.17, 15) is 9.90 Å². The highest BCUT2D eigenvalue weighted by atomic mass is 32.1.